The Kier molecular flexibility index (Phi) is 4.60. The molecule has 3 aromatic rings. The fourth-order valence-electron chi connectivity index (χ4n) is 2.35. The number of carbonyl (C=O) groups excluding carboxylic acids is 1. The van der Waals surface area contributed by atoms with E-state index in [9.17, 15) is 4.79 Å². The highest BCUT2D eigenvalue weighted by molar-refractivity contribution is 5.88. The van der Waals surface area contributed by atoms with Gasteiger partial charge < -0.3 is 9.73 Å². The highest BCUT2D eigenvalue weighted by Gasteiger charge is 2.12. The van der Waals surface area contributed by atoms with Crippen molar-refractivity contribution in [2.24, 2.45) is 0 Å². The fourth-order valence-corrected chi connectivity index (χ4v) is 2.35. The van der Waals surface area contributed by atoms with E-state index in [1.807, 2.05) is 38.1 Å². The molecular formula is C17H19N5O2. The quantitative estimate of drug-likeness (QED) is 0.755. The molecule has 3 heterocycles. The van der Waals surface area contributed by atoms with Gasteiger partial charge in [0.05, 0.1) is 12.2 Å². The highest BCUT2D eigenvalue weighted by atomic mass is 16.3. The summed E-state index contributed by atoms with van der Waals surface area (Å²) in [7, 11) is 0. The molecule has 24 heavy (non-hydrogen) atoms. The summed E-state index contributed by atoms with van der Waals surface area (Å²) in [6, 6.07) is 8.84. The summed E-state index contributed by atoms with van der Waals surface area (Å²) in [5.41, 5.74) is 0.937. The van der Waals surface area contributed by atoms with Gasteiger partial charge in [0.2, 0.25) is 0 Å². The third-order valence-corrected chi connectivity index (χ3v) is 3.59. The van der Waals surface area contributed by atoms with Gasteiger partial charge in [-0.3, -0.25) is 10.3 Å². The van der Waals surface area contributed by atoms with E-state index in [1.165, 1.54) is 0 Å². The molecule has 0 aliphatic carbocycles. The Morgan fingerprint density at radius 1 is 1.29 bits per heavy atom. The number of amides is 2. The van der Waals surface area contributed by atoms with Crippen LogP contribution in [0.1, 0.15) is 30.0 Å². The smallest absolute Gasteiger partial charge is 0.320 e. The van der Waals surface area contributed by atoms with E-state index in [0.29, 0.717) is 12.4 Å². The van der Waals surface area contributed by atoms with Gasteiger partial charge in [0.15, 0.2) is 0 Å². The second-order valence-corrected chi connectivity index (χ2v) is 5.49. The van der Waals surface area contributed by atoms with Crippen LogP contribution in [-0.2, 0) is 6.54 Å². The van der Waals surface area contributed by atoms with Crippen molar-refractivity contribution in [3.05, 3.63) is 66.0 Å². The van der Waals surface area contributed by atoms with E-state index >= 15 is 0 Å². The maximum Gasteiger partial charge on any atom is 0.320 e. The minimum absolute atomic E-state index is 0.150. The molecule has 2 amide bonds. The molecule has 0 saturated heterocycles. The van der Waals surface area contributed by atoms with Gasteiger partial charge in [-0.15, -0.1) is 0 Å². The molecule has 7 heteroatoms. The lowest BCUT2D eigenvalue weighted by atomic mass is 10.1. The maximum absolute atomic E-state index is 12.2. The van der Waals surface area contributed by atoms with E-state index in [2.05, 4.69) is 20.7 Å². The van der Waals surface area contributed by atoms with Crippen molar-refractivity contribution in [1.82, 2.24) is 20.1 Å². The van der Waals surface area contributed by atoms with E-state index in [1.54, 1.807) is 29.3 Å². The summed E-state index contributed by atoms with van der Waals surface area (Å²) < 4.78 is 7.22. The first-order valence-corrected chi connectivity index (χ1v) is 7.66. The lowest BCUT2D eigenvalue weighted by molar-refractivity contribution is 0.249. The van der Waals surface area contributed by atoms with Crippen LogP contribution in [0.15, 0.2) is 53.3 Å². The van der Waals surface area contributed by atoms with Crippen molar-refractivity contribution >= 4 is 11.8 Å². The Morgan fingerprint density at radius 2 is 2.17 bits per heavy atom. The van der Waals surface area contributed by atoms with E-state index < -0.39 is 0 Å². The van der Waals surface area contributed by atoms with Crippen molar-refractivity contribution in [3.8, 4) is 0 Å². The van der Waals surface area contributed by atoms with Gasteiger partial charge in [0.1, 0.15) is 23.9 Å². The number of rotatable bonds is 5. The topological polar surface area (TPSA) is 85.0 Å². The van der Waals surface area contributed by atoms with Crippen molar-refractivity contribution in [2.45, 2.75) is 26.4 Å². The Bertz CT molecular complexity index is 809. The first-order valence-electron chi connectivity index (χ1n) is 7.66. The van der Waals surface area contributed by atoms with Gasteiger partial charge in [-0.1, -0.05) is 6.07 Å². The van der Waals surface area contributed by atoms with Crippen molar-refractivity contribution in [3.63, 3.8) is 0 Å². The lowest BCUT2D eigenvalue weighted by Gasteiger charge is -2.15. The van der Waals surface area contributed by atoms with E-state index in [0.717, 1.165) is 17.1 Å². The molecule has 0 spiro atoms. The second-order valence-electron chi connectivity index (χ2n) is 5.49. The molecule has 0 bridgehead atoms. The first kappa shape index (κ1) is 15.8. The zero-order valence-electron chi connectivity index (χ0n) is 13.6. The monoisotopic (exact) mass is 325 g/mol. The van der Waals surface area contributed by atoms with Crippen LogP contribution in [0.4, 0.5) is 10.6 Å². The van der Waals surface area contributed by atoms with Crippen molar-refractivity contribution < 1.29 is 9.21 Å². The Labute approximate surface area is 139 Å². The van der Waals surface area contributed by atoms with Crippen LogP contribution in [-0.4, -0.2) is 20.8 Å². The van der Waals surface area contributed by atoms with E-state index in [-0.39, 0.29) is 12.1 Å². The molecule has 0 aromatic carbocycles. The Morgan fingerprint density at radius 3 is 2.88 bits per heavy atom. The van der Waals surface area contributed by atoms with Gasteiger partial charge in [-0.25, -0.2) is 9.48 Å². The summed E-state index contributed by atoms with van der Waals surface area (Å²) in [5, 5.41) is 9.90. The molecule has 0 aliphatic rings. The maximum atomic E-state index is 12.2. The molecular weight excluding hydrogens is 306 g/mol. The van der Waals surface area contributed by atoms with Crippen LogP contribution < -0.4 is 10.6 Å². The lowest BCUT2D eigenvalue weighted by Crippen LogP contribution is -2.32. The summed E-state index contributed by atoms with van der Waals surface area (Å²) in [6.45, 7) is 4.24. The normalized spacial score (nSPS) is 11.9. The summed E-state index contributed by atoms with van der Waals surface area (Å²) in [4.78, 5) is 16.3. The molecule has 2 N–H and O–H groups in total. The fraction of sp³-hybridized carbons (Fsp3) is 0.235. The van der Waals surface area contributed by atoms with Crippen LogP contribution in [0.3, 0.4) is 0 Å². The molecule has 0 radical (unpaired) electrons. The standard InChI is InChI=1S/C17H19N5O2/c1-12-5-6-15(24-12)11-22-16(7-9-19-22)21-17(23)20-13(2)14-4-3-8-18-10-14/h3-10,13H,11H2,1-2H3,(H2,20,21,23)/t13-/m0/s1. The Hall–Kier alpha value is -3.09. The zero-order valence-corrected chi connectivity index (χ0v) is 13.6. The minimum Gasteiger partial charge on any atom is -0.464 e. The van der Waals surface area contributed by atoms with Crippen LogP contribution in [0.5, 0.6) is 0 Å². The largest absolute Gasteiger partial charge is 0.464 e. The molecule has 0 fully saturated rings. The minimum atomic E-state index is -0.302. The predicted octanol–water partition coefficient (Wildman–Crippen LogP) is 3.11. The molecule has 3 aromatic heterocycles. The van der Waals surface area contributed by atoms with Crippen LogP contribution in [0, 0.1) is 6.92 Å². The highest BCUT2D eigenvalue weighted by Crippen LogP contribution is 2.14. The number of anilines is 1. The number of urea groups is 1. The van der Waals surface area contributed by atoms with Crippen LogP contribution >= 0.6 is 0 Å². The van der Waals surface area contributed by atoms with Gasteiger partial charge >= 0.3 is 6.03 Å². The number of nitrogens with one attached hydrogen (secondary N) is 2. The van der Waals surface area contributed by atoms with Crippen molar-refractivity contribution in [2.75, 3.05) is 5.32 Å². The third kappa shape index (κ3) is 3.81. The number of nitrogens with zero attached hydrogens (tertiary/aromatic N) is 3. The number of aryl methyl sites for hydroxylation is 1. The van der Waals surface area contributed by atoms with Crippen LogP contribution in [0.2, 0.25) is 0 Å². The Balaban J connectivity index is 1.62. The molecule has 0 saturated carbocycles. The molecule has 7 nitrogen and oxygen atoms in total. The molecule has 1 atom stereocenters. The average Bonchev–Trinajstić information content (AvgIpc) is 3.18. The number of furan rings is 1. The van der Waals surface area contributed by atoms with Gasteiger partial charge in [0.25, 0.3) is 0 Å². The molecule has 0 unspecified atom stereocenters. The number of hydrogen-bond donors (Lipinski definition) is 2. The van der Waals surface area contributed by atoms with Crippen molar-refractivity contribution in [1.29, 1.82) is 0 Å². The number of aromatic nitrogens is 3. The molecule has 124 valence electrons. The van der Waals surface area contributed by atoms with E-state index in [4.69, 9.17) is 4.42 Å². The summed E-state index contributed by atoms with van der Waals surface area (Å²) in [5.74, 6) is 2.22. The van der Waals surface area contributed by atoms with Gasteiger partial charge in [0, 0.05) is 18.5 Å². The molecule has 0 aliphatic heterocycles. The first-order chi connectivity index (χ1) is 11.6. The number of hydrogen-bond acceptors (Lipinski definition) is 4. The predicted molar refractivity (Wildman–Crippen MR) is 89.6 cm³/mol. The third-order valence-electron chi connectivity index (χ3n) is 3.59. The zero-order chi connectivity index (χ0) is 16.9. The molecule has 3 rings (SSSR count). The van der Waals surface area contributed by atoms with Gasteiger partial charge in [-0.2, -0.15) is 5.10 Å². The average molecular weight is 325 g/mol. The number of carbonyl (C=O) groups is 1. The second kappa shape index (κ2) is 6.99. The van der Waals surface area contributed by atoms with Gasteiger partial charge in [-0.05, 0) is 37.6 Å². The number of pyridine rings is 1. The SMILES string of the molecule is Cc1ccc(Cn2nccc2NC(=O)N[C@@H](C)c2cccnc2)o1. The van der Waals surface area contributed by atoms with Crippen LogP contribution in [0.25, 0.3) is 0 Å². The summed E-state index contributed by atoms with van der Waals surface area (Å²) in [6.07, 6.45) is 5.07. The summed E-state index contributed by atoms with van der Waals surface area (Å²) >= 11 is 0.